The van der Waals surface area contributed by atoms with Gasteiger partial charge < -0.3 is 10.6 Å². The Morgan fingerprint density at radius 2 is 2.24 bits per heavy atom. The Morgan fingerprint density at radius 1 is 1.52 bits per heavy atom. The molecule has 0 fully saturated rings. The average Bonchev–Trinajstić information content (AvgIpc) is 2.74. The molecule has 0 radical (unpaired) electrons. The third-order valence-electron chi connectivity index (χ3n) is 3.61. The van der Waals surface area contributed by atoms with Crippen LogP contribution in [0.2, 0.25) is 0 Å². The molecule has 1 aromatic heterocycles. The van der Waals surface area contributed by atoms with Crippen molar-refractivity contribution in [1.82, 2.24) is 5.32 Å². The summed E-state index contributed by atoms with van der Waals surface area (Å²) in [5, 5.41) is 16.1. The van der Waals surface area contributed by atoms with E-state index in [4.69, 9.17) is 12.2 Å². The first-order valence-corrected chi connectivity index (χ1v) is 8.31. The van der Waals surface area contributed by atoms with Crippen LogP contribution in [0.25, 0.3) is 0 Å². The lowest BCUT2D eigenvalue weighted by Gasteiger charge is -2.17. The van der Waals surface area contributed by atoms with Gasteiger partial charge in [0.1, 0.15) is 11.1 Å². The molecule has 1 heterocycles. The van der Waals surface area contributed by atoms with E-state index in [9.17, 15) is 10.1 Å². The van der Waals surface area contributed by atoms with Crippen LogP contribution in [0.3, 0.4) is 0 Å². The number of nitrogens with zero attached hydrogens (tertiary/aromatic N) is 1. The normalized spacial score (nSPS) is 17.0. The van der Waals surface area contributed by atoms with E-state index in [0.717, 1.165) is 29.8 Å². The molecule has 21 heavy (non-hydrogen) atoms. The van der Waals surface area contributed by atoms with Gasteiger partial charge in [0.2, 0.25) is 5.91 Å². The fourth-order valence-corrected chi connectivity index (χ4v) is 3.98. The number of nitrogens with one attached hydrogen (secondary N) is 2. The highest BCUT2D eigenvalue weighted by Crippen LogP contribution is 2.39. The molecule has 2 rings (SSSR count). The molecular formula is C15H19N3OS2. The number of thiophene rings is 1. The fraction of sp³-hybridized carbons (Fsp3) is 0.533. The van der Waals surface area contributed by atoms with Crippen LogP contribution in [0.5, 0.6) is 0 Å². The Kier molecular flexibility index (Phi) is 4.96. The average molecular weight is 321 g/mol. The Labute approximate surface area is 134 Å². The van der Waals surface area contributed by atoms with E-state index in [1.54, 1.807) is 11.3 Å². The van der Waals surface area contributed by atoms with Crippen LogP contribution >= 0.6 is 23.6 Å². The summed E-state index contributed by atoms with van der Waals surface area (Å²) in [6.07, 6.45) is 3.08. The van der Waals surface area contributed by atoms with Crippen LogP contribution in [0, 0.1) is 23.2 Å². The van der Waals surface area contributed by atoms with Gasteiger partial charge in [-0.15, -0.1) is 11.3 Å². The molecule has 6 heteroatoms. The van der Waals surface area contributed by atoms with Crippen LogP contribution in [0.15, 0.2) is 0 Å². The van der Waals surface area contributed by atoms with Gasteiger partial charge in [-0.25, -0.2) is 0 Å². The molecule has 112 valence electrons. The molecule has 0 saturated heterocycles. The summed E-state index contributed by atoms with van der Waals surface area (Å²) in [4.78, 5) is 12.9. The maximum Gasteiger partial charge on any atom is 0.228 e. The van der Waals surface area contributed by atoms with Gasteiger partial charge in [0.15, 0.2) is 5.11 Å². The van der Waals surface area contributed by atoms with E-state index in [1.165, 1.54) is 4.88 Å². The van der Waals surface area contributed by atoms with Crippen LogP contribution in [-0.4, -0.2) is 11.0 Å². The minimum atomic E-state index is -0.127. The van der Waals surface area contributed by atoms with Crippen LogP contribution in [-0.2, 0) is 17.6 Å². The number of carbonyl (C=O) groups is 1. The quantitative estimate of drug-likeness (QED) is 0.821. The van der Waals surface area contributed by atoms with Gasteiger partial charge in [-0.05, 0) is 43.0 Å². The van der Waals surface area contributed by atoms with Crippen molar-refractivity contribution in [2.24, 2.45) is 11.8 Å². The molecule has 0 aromatic carbocycles. The summed E-state index contributed by atoms with van der Waals surface area (Å²) in [5.41, 5.74) is 1.84. The van der Waals surface area contributed by atoms with Gasteiger partial charge in [0.05, 0.1) is 5.56 Å². The maximum atomic E-state index is 11.6. The molecule has 0 spiro atoms. The van der Waals surface area contributed by atoms with Crippen molar-refractivity contribution in [1.29, 1.82) is 5.26 Å². The summed E-state index contributed by atoms with van der Waals surface area (Å²) in [6.45, 7) is 5.85. The molecule has 1 aromatic rings. The molecule has 2 N–H and O–H groups in total. The zero-order chi connectivity index (χ0) is 15.6. The molecule has 0 bridgehead atoms. The lowest BCUT2D eigenvalue weighted by molar-refractivity contribution is -0.122. The second-order valence-corrected chi connectivity index (χ2v) is 7.28. The Morgan fingerprint density at radius 3 is 2.86 bits per heavy atom. The number of hydrogen-bond donors (Lipinski definition) is 2. The topological polar surface area (TPSA) is 64.9 Å². The summed E-state index contributed by atoms with van der Waals surface area (Å²) in [7, 11) is 0. The molecule has 1 amide bonds. The van der Waals surface area contributed by atoms with Crippen molar-refractivity contribution >= 4 is 39.6 Å². The predicted molar refractivity (Wildman–Crippen MR) is 89.4 cm³/mol. The summed E-state index contributed by atoms with van der Waals surface area (Å²) < 4.78 is 0. The molecule has 0 saturated carbocycles. The molecule has 4 nitrogen and oxygen atoms in total. The summed E-state index contributed by atoms with van der Waals surface area (Å²) >= 11 is 6.74. The first-order valence-electron chi connectivity index (χ1n) is 7.08. The van der Waals surface area contributed by atoms with Crippen molar-refractivity contribution in [3.05, 3.63) is 16.0 Å². The van der Waals surface area contributed by atoms with Gasteiger partial charge in [0, 0.05) is 10.8 Å². The van der Waals surface area contributed by atoms with Gasteiger partial charge in [-0.1, -0.05) is 20.8 Å². The third-order valence-corrected chi connectivity index (χ3v) is 4.99. The highest BCUT2D eigenvalue weighted by atomic mass is 32.1. The molecule has 1 atom stereocenters. The number of carbonyl (C=O) groups excluding carboxylic acids is 1. The van der Waals surface area contributed by atoms with E-state index in [-0.39, 0.29) is 16.9 Å². The van der Waals surface area contributed by atoms with Crippen LogP contribution in [0.4, 0.5) is 5.00 Å². The number of anilines is 1. The Balaban J connectivity index is 2.16. The van der Waals surface area contributed by atoms with Gasteiger partial charge in [-0.2, -0.15) is 5.26 Å². The zero-order valence-corrected chi connectivity index (χ0v) is 14.1. The number of hydrogen-bond acceptors (Lipinski definition) is 4. The number of rotatable bonds is 2. The number of nitriles is 1. The molecule has 1 aliphatic carbocycles. The Bertz CT molecular complexity index is 613. The summed E-state index contributed by atoms with van der Waals surface area (Å²) in [6, 6.07) is 2.28. The molecule has 0 aliphatic heterocycles. The number of fused-ring (bicyclic) bond motifs is 1. The zero-order valence-electron chi connectivity index (χ0n) is 12.4. The van der Waals surface area contributed by atoms with Crippen LogP contribution in [0.1, 0.15) is 43.2 Å². The first kappa shape index (κ1) is 15.9. The van der Waals surface area contributed by atoms with E-state index < -0.39 is 0 Å². The molecular weight excluding hydrogens is 302 g/mol. The Hall–Kier alpha value is -1.45. The van der Waals surface area contributed by atoms with E-state index in [1.807, 2.05) is 13.8 Å². The highest BCUT2D eigenvalue weighted by molar-refractivity contribution is 7.80. The van der Waals surface area contributed by atoms with E-state index >= 15 is 0 Å². The second-order valence-electron chi connectivity index (χ2n) is 5.77. The maximum absolute atomic E-state index is 11.6. The smallest absolute Gasteiger partial charge is 0.228 e. The largest absolute Gasteiger partial charge is 0.323 e. The fourth-order valence-electron chi connectivity index (χ4n) is 2.35. The third kappa shape index (κ3) is 3.60. The minimum absolute atomic E-state index is 0.124. The van der Waals surface area contributed by atoms with Crippen LogP contribution < -0.4 is 10.6 Å². The van der Waals surface area contributed by atoms with Gasteiger partial charge >= 0.3 is 0 Å². The number of thiocarbonyl (C=S) groups is 1. The first-order chi connectivity index (χ1) is 9.92. The predicted octanol–water partition coefficient (Wildman–Crippen LogP) is 3.21. The lowest BCUT2D eigenvalue weighted by atomic mass is 9.89. The molecule has 1 aliphatic rings. The number of amides is 1. The SMILES string of the molecule is CC(C)C(=O)NC(=S)Nc1sc2c(c1C#N)CC[C@H](C)C2. The standard InChI is InChI=1S/C15H19N3OS2/c1-8(2)13(19)17-15(20)18-14-11(7-16)10-5-4-9(3)6-12(10)21-14/h8-9H,4-6H2,1-3H3,(H2,17,18,19,20)/t9-/m0/s1. The highest BCUT2D eigenvalue weighted by Gasteiger charge is 2.24. The van der Waals surface area contributed by atoms with Crippen molar-refractivity contribution in [2.75, 3.05) is 5.32 Å². The van der Waals surface area contributed by atoms with E-state index in [0.29, 0.717) is 11.5 Å². The van der Waals surface area contributed by atoms with Gasteiger partial charge in [-0.3, -0.25) is 4.79 Å². The van der Waals surface area contributed by atoms with Gasteiger partial charge in [0.25, 0.3) is 0 Å². The lowest BCUT2D eigenvalue weighted by Crippen LogP contribution is -2.36. The monoisotopic (exact) mass is 321 g/mol. The second kappa shape index (κ2) is 6.54. The van der Waals surface area contributed by atoms with Crippen molar-refractivity contribution in [3.63, 3.8) is 0 Å². The molecule has 0 unspecified atom stereocenters. The minimum Gasteiger partial charge on any atom is -0.323 e. The van der Waals surface area contributed by atoms with Crippen molar-refractivity contribution < 1.29 is 4.79 Å². The summed E-state index contributed by atoms with van der Waals surface area (Å²) in [5.74, 6) is 0.404. The van der Waals surface area contributed by atoms with Crippen molar-refractivity contribution in [2.45, 2.75) is 40.0 Å². The van der Waals surface area contributed by atoms with E-state index in [2.05, 4.69) is 23.6 Å². The van der Waals surface area contributed by atoms with Crippen molar-refractivity contribution in [3.8, 4) is 6.07 Å².